The first-order valence-electron chi connectivity index (χ1n) is 7.16. The summed E-state index contributed by atoms with van der Waals surface area (Å²) in [7, 11) is 0. The minimum atomic E-state index is -4.39. The fourth-order valence-electron chi connectivity index (χ4n) is 2.49. The molecule has 1 N–H and O–H groups in total. The number of anilines is 1. The number of benzene rings is 1. The van der Waals surface area contributed by atoms with Gasteiger partial charge in [-0.25, -0.2) is 0 Å². The minimum absolute atomic E-state index is 0.00619. The van der Waals surface area contributed by atoms with Crippen molar-refractivity contribution in [1.82, 2.24) is 4.90 Å². The van der Waals surface area contributed by atoms with Crippen molar-refractivity contribution in [2.24, 2.45) is 0 Å². The highest BCUT2D eigenvalue weighted by molar-refractivity contribution is 5.76. The Kier molecular flexibility index (Phi) is 5.09. The average Bonchev–Trinajstić information content (AvgIpc) is 2.47. The summed E-state index contributed by atoms with van der Waals surface area (Å²) in [5.41, 5.74) is -0.674. The third kappa shape index (κ3) is 4.37. The predicted octanol–water partition coefficient (Wildman–Crippen LogP) is 3.52. The summed E-state index contributed by atoms with van der Waals surface area (Å²) in [6.45, 7) is 1.73. The molecular weight excluding hydrogens is 281 g/mol. The van der Waals surface area contributed by atoms with Crippen LogP contribution in [0, 0.1) is 0 Å². The number of nitrogens with zero attached hydrogens (tertiary/aromatic N) is 1. The number of para-hydroxylation sites is 1. The highest BCUT2D eigenvalue weighted by Crippen LogP contribution is 2.34. The zero-order valence-electron chi connectivity index (χ0n) is 11.7. The standard InChI is InChI=1S/C15H19F3N2O/c16-15(17,18)12-6-2-3-7-13(12)19-9-8-14(21)20-10-4-1-5-11-20/h2-3,6-7,19H,1,4-5,8-11H2. The first-order chi connectivity index (χ1) is 9.98. The number of nitrogens with one attached hydrogen (secondary N) is 1. The Bertz CT molecular complexity index is 482. The lowest BCUT2D eigenvalue weighted by molar-refractivity contribution is -0.137. The van der Waals surface area contributed by atoms with Gasteiger partial charge in [-0.05, 0) is 31.4 Å². The lowest BCUT2D eigenvalue weighted by Gasteiger charge is -2.26. The van der Waals surface area contributed by atoms with Gasteiger partial charge in [0.25, 0.3) is 0 Å². The molecule has 0 aliphatic carbocycles. The fraction of sp³-hybridized carbons (Fsp3) is 0.533. The van der Waals surface area contributed by atoms with Gasteiger partial charge in [0.05, 0.1) is 5.56 Å². The van der Waals surface area contributed by atoms with Crippen molar-refractivity contribution in [3.8, 4) is 0 Å². The molecule has 6 heteroatoms. The topological polar surface area (TPSA) is 32.3 Å². The highest BCUT2D eigenvalue weighted by Gasteiger charge is 2.33. The molecule has 1 fully saturated rings. The maximum absolute atomic E-state index is 12.8. The Morgan fingerprint density at radius 1 is 1.14 bits per heavy atom. The zero-order chi connectivity index (χ0) is 15.3. The number of halogens is 3. The molecule has 0 saturated carbocycles. The van der Waals surface area contributed by atoms with Crippen molar-refractivity contribution < 1.29 is 18.0 Å². The Balaban J connectivity index is 1.87. The maximum atomic E-state index is 12.8. The molecule has 0 aromatic heterocycles. The second-order valence-electron chi connectivity index (χ2n) is 5.16. The number of carbonyl (C=O) groups excluding carboxylic acids is 1. The summed E-state index contributed by atoms with van der Waals surface area (Å²) in [6.07, 6.45) is -1.01. The van der Waals surface area contributed by atoms with Crippen molar-refractivity contribution in [2.45, 2.75) is 31.9 Å². The van der Waals surface area contributed by atoms with Gasteiger partial charge in [0.1, 0.15) is 0 Å². The number of hydrogen-bond donors (Lipinski definition) is 1. The van der Waals surface area contributed by atoms with Crippen LogP contribution in [0.2, 0.25) is 0 Å². The SMILES string of the molecule is O=C(CCNc1ccccc1C(F)(F)F)N1CCCCC1. The van der Waals surface area contributed by atoms with Gasteiger partial charge < -0.3 is 10.2 Å². The summed E-state index contributed by atoms with van der Waals surface area (Å²) in [6, 6.07) is 5.32. The van der Waals surface area contributed by atoms with E-state index in [9.17, 15) is 18.0 Å². The Morgan fingerprint density at radius 3 is 2.48 bits per heavy atom. The third-order valence-corrected chi connectivity index (χ3v) is 3.60. The fourth-order valence-corrected chi connectivity index (χ4v) is 2.49. The molecule has 1 aliphatic heterocycles. The van der Waals surface area contributed by atoms with Crippen LogP contribution in [0.25, 0.3) is 0 Å². The molecule has 21 heavy (non-hydrogen) atoms. The number of alkyl halides is 3. The van der Waals surface area contributed by atoms with Crippen molar-refractivity contribution in [2.75, 3.05) is 25.0 Å². The number of rotatable bonds is 4. The van der Waals surface area contributed by atoms with E-state index in [2.05, 4.69) is 5.32 Å². The number of carbonyl (C=O) groups is 1. The van der Waals surface area contributed by atoms with Gasteiger partial charge in [-0.15, -0.1) is 0 Å². The van der Waals surface area contributed by atoms with Crippen LogP contribution in [0.3, 0.4) is 0 Å². The second kappa shape index (κ2) is 6.83. The van der Waals surface area contributed by atoms with Crippen LogP contribution in [0.15, 0.2) is 24.3 Å². The average molecular weight is 300 g/mol. The summed E-state index contributed by atoms with van der Waals surface area (Å²) >= 11 is 0. The van der Waals surface area contributed by atoms with E-state index < -0.39 is 11.7 Å². The number of amides is 1. The largest absolute Gasteiger partial charge is 0.418 e. The lowest BCUT2D eigenvalue weighted by atomic mass is 10.1. The van der Waals surface area contributed by atoms with Gasteiger partial charge >= 0.3 is 6.18 Å². The van der Waals surface area contributed by atoms with Gasteiger partial charge in [-0.2, -0.15) is 13.2 Å². The molecule has 1 aromatic rings. The van der Waals surface area contributed by atoms with Crippen molar-refractivity contribution in [3.63, 3.8) is 0 Å². The normalized spacial score (nSPS) is 15.9. The van der Waals surface area contributed by atoms with Crippen LogP contribution in [-0.4, -0.2) is 30.4 Å². The summed E-state index contributed by atoms with van der Waals surface area (Å²) in [4.78, 5) is 13.7. The monoisotopic (exact) mass is 300 g/mol. The zero-order valence-corrected chi connectivity index (χ0v) is 11.7. The maximum Gasteiger partial charge on any atom is 0.418 e. The van der Waals surface area contributed by atoms with E-state index in [1.54, 1.807) is 11.0 Å². The van der Waals surface area contributed by atoms with E-state index in [-0.39, 0.29) is 24.6 Å². The molecule has 1 aromatic carbocycles. The number of likely N-dealkylation sites (tertiary alicyclic amines) is 1. The van der Waals surface area contributed by atoms with Crippen molar-refractivity contribution in [3.05, 3.63) is 29.8 Å². The van der Waals surface area contributed by atoms with E-state index in [0.717, 1.165) is 38.4 Å². The molecule has 0 radical (unpaired) electrons. The van der Waals surface area contributed by atoms with E-state index in [1.165, 1.54) is 12.1 Å². The van der Waals surface area contributed by atoms with Crippen LogP contribution in [-0.2, 0) is 11.0 Å². The molecular formula is C15H19F3N2O. The Hall–Kier alpha value is -1.72. The lowest BCUT2D eigenvalue weighted by Crippen LogP contribution is -2.36. The highest BCUT2D eigenvalue weighted by atomic mass is 19.4. The quantitative estimate of drug-likeness (QED) is 0.922. The smallest absolute Gasteiger partial charge is 0.384 e. The van der Waals surface area contributed by atoms with E-state index in [4.69, 9.17) is 0 Å². The van der Waals surface area contributed by atoms with Gasteiger partial charge in [0.15, 0.2) is 0 Å². The van der Waals surface area contributed by atoms with E-state index in [0.29, 0.717) is 0 Å². The van der Waals surface area contributed by atoms with Gasteiger partial charge in [-0.3, -0.25) is 4.79 Å². The van der Waals surface area contributed by atoms with Crippen LogP contribution in [0.5, 0.6) is 0 Å². The molecule has 1 saturated heterocycles. The van der Waals surface area contributed by atoms with Crippen molar-refractivity contribution >= 4 is 11.6 Å². The van der Waals surface area contributed by atoms with Crippen LogP contribution in [0.1, 0.15) is 31.2 Å². The van der Waals surface area contributed by atoms with Crippen LogP contribution < -0.4 is 5.32 Å². The number of hydrogen-bond acceptors (Lipinski definition) is 2. The van der Waals surface area contributed by atoms with Crippen LogP contribution >= 0.6 is 0 Å². The molecule has 0 unspecified atom stereocenters. The molecule has 2 rings (SSSR count). The summed E-state index contributed by atoms with van der Waals surface area (Å²) < 4.78 is 38.4. The summed E-state index contributed by atoms with van der Waals surface area (Å²) in [5, 5.41) is 2.72. The molecule has 1 aliphatic rings. The summed E-state index contributed by atoms with van der Waals surface area (Å²) in [5.74, 6) is 0.00619. The minimum Gasteiger partial charge on any atom is -0.384 e. The van der Waals surface area contributed by atoms with E-state index in [1.807, 2.05) is 0 Å². The van der Waals surface area contributed by atoms with Crippen LogP contribution in [0.4, 0.5) is 18.9 Å². The van der Waals surface area contributed by atoms with Gasteiger partial charge in [-0.1, -0.05) is 12.1 Å². The van der Waals surface area contributed by atoms with Gasteiger partial charge in [0.2, 0.25) is 5.91 Å². The Labute approximate surface area is 122 Å². The second-order valence-corrected chi connectivity index (χ2v) is 5.16. The van der Waals surface area contributed by atoms with Gasteiger partial charge in [0, 0.05) is 31.7 Å². The third-order valence-electron chi connectivity index (χ3n) is 3.60. The molecule has 3 nitrogen and oxygen atoms in total. The molecule has 1 amide bonds. The van der Waals surface area contributed by atoms with E-state index >= 15 is 0 Å². The Morgan fingerprint density at radius 2 is 1.81 bits per heavy atom. The number of piperidine rings is 1. The molecule has 1 heterocycles. The predicted molar refractivity (Wildman–Crippen MR) is 75.0 cm³/mol. The first kappa shape index (κ1) is 15.7. The first-order valence-corrected chi connectivity index (χ1v) is 7.16. The molecule has 116 valence electrons. The van der Waals surface area contributed by atoms with Crippen molar-refractivity contribution in [1.29, 1.82) is 0 Å². The molecule has 0 spiro atoms. The molecule has 0 bridgehead atoms. The molecule has 0 atom stereocenters.